The number of hydrogen-bond donors (Lipinski definition) is 1. The van der Waals surface area contributed by atoms with Gasteiger partial charge in [-0.05, 0) is 36.3 Å². The Labute approximate surface area is 84.6 Å². The lowest BCUT2D eigenvalue weighted by Crippen LogP contribution is -2.40. The van der Waals surface area contributed by atoms with Crippen LogP contribution in [0.25, 0.3) is 6.08 Å². The molecular weight excluding hydrogens is 170 g/mol. The molecule has 1 nitrogen and oxygen atoms in total. The molecule has 2 aliphatic carbocycles. The number of nitrogens with two attached hydrogens (primary N) is 1. The van der Waals surface area contributed by atoms with Gasteiger partial charge in [-0.2, -0.15) is 0 Å². The van der Waals surface area contributed by atoms with Crippen LogP contribution in [0, 0.1) is 5.92 Å². The van der Waals surface area contributed by atoms with E-state index in [9.17, 15) is 0 Å². The maximum atomic E-state index is 6.52. The fraction of sp³-hybridized carbons (Fsp3) is 0.385. The first-order valence-corrected chi connectivity index (χ1v) is 5.36. The van der Waals surface area contributed by atoms with Gasteiger partial charge in [0.2, 0.25) is 0 Å². The Balaban J connectivity index is 2.14. The number of rotatable bonds is 1. The highest BCUT2D eigenvalue weighted by Crippen LogP contribution is 2.48. The molecule has 1 heteroatoms. The van der Waals surface area contributed by atoms with Crippen LogP contribution in [0.2, 0.25) is 0 Å². The van der Waals surface area contributed by atoms with E-state index in [2.05, 4.69) is 36.4 Å². The summed E-state index contributed by atoms with van der Waals surface area (Å²) in [5, 5.41) is 0. The Morgan fingerprint density at radius 2 is 2.00 bits per heavy atom. The maximum absolute atomic E-state index is 6.52. The van der Waals surface area contributed by atoms with E-state index in [1.807, 2.05) is 0 Å². The van der Waals surface area contributed by atoms with E-state index >= 15 is 0 Å². The summed E-state index contributed by atoms with van der Waals surface area (Å²) in [6.07, 6.45) is 8.04. The molecule has 1 aromatic carbocycles. The molecule has 1 saturated carbocycles. The average molecular weight is 185 g/mol. The lowest BCUT2D eigenvalue weighted by Gasteiger charge is -2.33. The van der Waals surface area contributed by atoms with Crippen LogP contribution in [0.4, 0.5) is 0 Å². The van der Waals surface area contributed by atoms with Gasteiger partial charge in [0.15, 0.2) is 0 Å². The van der Waals surface area contributed by atoms with Crippen molar-refractivity contribution in [2.24, 2.45) is 11.7 Å². The first-order valence-electron chi connectivity index (χ1n) is 5.36. The molecule has 1 aromatic rings. The molecule has 1 fully saturated rings. The Hall–Kier alpha value is -1.08. The fourth-order valence-corrected chi connectivity index (χ4v) is 2.54. The predicted octanol–water partition coefficient (Wildman–Crippen LogP) is 2.67. The van der Waals surface area contributed by atoms with Gasteiger partial charge in [0.05, 0.1) is 0 Å². The van der Waals surface area contributed by atoms with Crippen molar-refractivity contribution in [3.63, 3.8) is 0 Å². The molecular formula is C13H15N. The van der Waals surface area contributed by atoms with Crippen molar-refractivity contribution >= 4 is 6.08 Å². The lowest BCUT2D eigenvalue weighted by atomic mass is 9.77. The molecule has 0 aliphatic heterocycles. The van der Waals surface area contributed by atoms with Crippen LogP contribution in [0.15, 0.2) is 30.3 Å². The summed E-state index contributed by atoms with van der Waals surface area (Å²) in [7, 11) is 0. The van der Waals surface area contributed by atoms with Crippen molar-refractivity contribution in [3.8, 4) is 0 Å². The minimum atomic E-state index is -0.0641. The van der Waals surface area contributed by atoms with Crippen molar-refractivity contribution in [2.45, 2.75) is 24.8 Å². The second-order valence-electron chi connectivity index (χ2n) is 4.51. The minimum absolute atomic E-state index is 0.0641. The third-order valence-electron chi connectivity index (χ3n) is 3.52. The highest BCUT2D eigenvalue weighted by atomic mass is 14.8. The zero-order valence-electron chi connectivity index (χ0n) is 8.24. The molecule has 0 saturated heterocycles. The van der Waals surface area contributed by atoms with E-state index in [0.29, 0.717) is 5.92 Å². The largest absolute Gasteiger partial charge is 0.321 e. The second kappa shape index (κ2) is 2.71. The van der Waals surface area contributed by atoms with Crippen molar-refractivity contribution in [2.75, 3.05) is 0 Å². The van der Waals surface area contributed by atoms with Gasteiger partial charge < -0.3 is 5.73 Å². The van der Waals surface area contributed by atoms with Crippen LogP contribution in [0.3, 0.4) is 0 Å². The molecule has 0 bridgehead atoms. The van der Waals surface area contributed by atoms with E-state index in [-0.39, 0.29) is 5.54 Å². The van der Waals surface area contributed by atoms with Crippen molar-refractivity contribution < 1.29 is 0 Å². The summed E-state index contributed by atoms with van der Waals surface area (Å²) in [6, 6.07) is 8.54. The third kappa shape index (κ3) is 1.05. The summed E-state index contributed by atoms with van der Waals surface area (Å²) in [5.41, 5.74) is 9.13. The number of hydrogen-bond acceptors (Lipinski definition) is 1. The summed E-state index contributed by atoms with van der Waals surface area (Å²) >= 11 is 0. The monoisotopic (exact) mass is 185 g/mol. The quantitative estimate of drug-likeness (QED) is 0.715. The Kier molecular flexibility index (Phi) is 1.59. The molecule has 3 rings (SSSR count). The van der Waals surface area contributed by atoms with Gasteiger partial charge >= 0.3 is 0 Å². The van der Waals surface area contributed by atoms with Crippen LogP contribution in [0.1, 0.15) is 30.4 Å². The molecule has 0 aromatic heterocycles. The summed E-state index contributed by atoms with van der Waals surface area (Å²) in [6.45, 7) is 0. The summed E-state index contributed by atoms with van der Waals surface area (Å²) < 4.78 is 0. The van der Waals surface area contributed by atoms with Crippen molar-refractivity contribution in [3.05, 3.63) is 41.5 Å². The Morgan fingerprint density at radius 3 is 2.79 bits per heavy atom. The van der Waals surface area contributed by atoms with Gasteiger partial charge in [-0.1, -0.05) is 36.4 Å². The fourth-order valence-electron chi connectivity index (χ4n) is 2.54. The van der Waals surface area contributed by atoms with E-state index in [4.69, 9.17) is 5.73 Å². The highest BCUT2D eigenvalue weighted by molar-refractivity contribution is 5.59. The van der Waals surface area contributed by atoms with Gasteiger partial charge in [0.1, 0.15) is 0 Å². The van der Waals surface area contributed by atoms with Gasteiger partial charge in [-0.3, -0.25) is 0 Å². The van der Waals surface area contributed by atoms with E-state index in [1.54, 1.807) is 0 Å². The van der Waals surface area contributed by atoms with Gasteiger partial charge in [-0.15, -0.1) is 0 Å². The number of benzene rings is 1. The molecule has 2 N–H and O–H groups in total. The molecule has 1 atom stereocenters. The molecule has 2 aliphatic rings. The molecule has 1 unspecified atom stereocenters. The minimum Gasteiger partial charge on any atom is -0.321 e. The van der Waals surface area contributed by atoms with Crippen molar-refractivity contribution in [1.82, 2.24) is 0 Å². The van der Waals surface area contributed by atoms with E-state index in [0.717, 1.165) is 6.42 Å². The zero-order chi connectivity index (χ0) is 9.60. The molecule has 72 valence electrons. The zero-order valence-corrected chi connectivity index (χ0v) is 8.24. The molecule has 0 heterocycles. The first kappa shape index (κ1) is 8.25. The van der Waals surface area contributed by atoms with Crippen molar-refractivity contribution in [1.29, 1.82) is 0 Å². The smallest absolute Gasteiger partial charge is 0.0479 e. The van der Waals surface area contributed by atoms with Crippen LogP contribution in [-0.2, 0) is 5.54 Å². The summed E-state index contributed by atoms with van der Waals surface area (Å²) in [5.74, 6) is 0.716. The Bertz CT molecular complexity index is 390. The lowest BCUT2D eigenvalue weighted by molar-refractivity contribution is 0.385. The highest BCUT2D eigenvalue weighted by Gasteiger charge is 2.44. The predicted molar refractivity (Wildman–Crippen MR) is 58.7 cm³/mol. The van der Waals surface area contributed by atoms with Gasteiger partial charge in [0.25, 0.3) is 0 Å². The second-order valence-corrected chi connectivity index (χ2v) is 4.51. The average Bonchev–Trinajstić information content (AvgIpc) is 3.02. The molecule has 0 amide bonds. The topological polar surface area (TPSA) is 26.0 Å². The molecule has 14 heavy (non-hydrogen) atoms. The first-order chi connectivity index (χ1) is 6.81. The SMILES string of the molecule is NC1(C2CC2)CC=Cc2ccccc21. The van der Waals surface area contributed by atoms with Crippen LogP contribution in [0.5, 0.6) is 0 Å². The third-order valence-corrected chi connectivity index (χ3v) is 3.52. The van der Waals surface area contributed by atoms with Crippen LogP contribution in [-0.4, -0.2) is 0 Å². The summed E-state index contributed by atoms with van der Waals surface area (Å²) in [4.78, 5) is 0. The van der Waals surface area contributed by atoms with Gasteiger partial charge in [-0.25, -0.2) is 0 Å². The van der Waals surface area contributed by atoms with E-state index < -0.39 is 0 Å². The van der Waals surface area contributed by atoms with Crippen LogP contribution >= 0.6 is 0 Å². The standard InChI is InChI=1S/C13H15N/c14-13(11-7-8-11)9-3-5-10-4-1-2-6-12(10)13/h1-6,11H,7-9,14H2. The van der Waals surface area contributed by atoms with Gasteiger partial charge in [0, 0.05) is 5.54 Å². The number of fused-ring (bicyclic) bond motifs is 1. The normalized spacial score (nSPS) is 30.1. The molecule has 0 radical (unpaired) electrons. The molecule has 0 spiro atoms. The van der Waals surface area contributed by atoms with E-state index in [1.165, 1.54) is 24.0 Å². The Morgan fingerprint density at radius 1 is 1.21 bits per heavy atom. The van der Waals surface area contributed by atoms with Crippen LogP contribution < -0.4 is 5.73 Å². The maximum Gasteiger partial charge on any atom is 0.0479 e.